The molecule has 1 saturated heterocycles. The molecule has 0 unspecified atom stereocenters. The summed E-state index contributed by atoms with van der Waals surface area (Å²) in [5.74, 6) is 2.23. The van der Waals surface area contributed by atoms with Crippen LogP contribution >= 0.6 is 11.8 Å². The number of nitrogens with zero attached hydrogens (tertiary/aromatic N) is 1. The van der Waals surface area contributed by atoms with Crippen LogP contribution in [-0.2, 0) is 0 Å². The van der Waals surface area contributed by atoms with E-state index in [2.05, 4.69) is 10.3 Å². The first kappa shape index (κ1) is 14.1. The molecule has 1 atom stereocenters. The fraction of sp³-hybridized carbons (Fsp3) is 0.538. The van der Waals surface area contributed by atoms with Gasteiger partial charge >= 0.3 is 0 Å². The van der Waals surface area contributed by atoms with Crippen molar-refractivity contribution in [2.24, 2.45) is 0 Å². The van der Waals surface area contributed by atoms with E-state index in [0.717, 1.165) is 17.9 Å². The molecule has 0 saturated carbocycles. The molecule has 104 valence electrons. The molecule has 1 amide bonds. The molecule has 19 heavy (non-hydrogen) atoms. The second-order valence-corrected chi connectivity index (χ2v) is 5.44. The quantitative estimate of drug-likeness (QED) is 0.764. The number of aliphatic hydroxyl groups is 1. The Morgan fingerprint density at radius 3 is 3.26 bits per heavy atom. The molecular formula is C13H18N2O3S. The van der Waals surface area contributed by atoms with Crippen molar-refractivity contribution in [2.45, 2.75) is 18.9 Å². The van der Waals surface area contributed by atoms with Gasteiger partial charge < -0.3 is 15.2 Å². The van der Waals surface area contributed by atoms with Gasteiger partial charge in [0, 0.05) is 25.1 Å². The Morgan fingerprint density at radius 2 is 2.53 bits per heavy atom. The van der Waals surface area contributed by atoms with Gasteiger partial charge in [-0.2, -0.15) is 11.8 Å². The Hall–Kier alpha value is -1.27. The molecule has 0 bridgehead atoms. The molecule has 1 fully saturated rings. The molecule has 1 aromatic rings. The SMILES string of the molecule is O=C(NCCCO)c1cccnc1O[C@H]1CCSC1. The van der Waals surface area contributed by atoms with Gasteiger partial charge in [0.1, 0.15) is 11.7 Å². The number of nitrogens with one attached hydrogen (secondary N) is 1. The summed E-state index contributed by atoms with van der Waals surface area (Å²) in [7, 11) is 0. The minimum Gasteiger partial charge on any atom is -0.473 e. The number of aliphatic hydroxyl groups excluding tert-OH is 1. The normalized spacial score (nSPS) is 18.3. The zero-order chi connectivity index (χ0) is 13.5. The average Bonchev–Trinajstić information content (AvgIpc) is 2.92. The number of ether oxygens (including phenoxy) is 1. The summed E-state index contributed by atoms with van der Waals surface area (Å²) in [6, 6.07) is 3.43. The van der Waals surface area contributed by atoms with E-state index in [-0.39, 0.29) is 18.6 Å². The zero-order valence-corrected chi connectivity index (χ0v) is 11.5. The Bertz CT molecular complexity index is 422. The van der Waals surface area contributed by atoms with E-state index in [1.165, 1.54) is 0 Å². The largest absolute Gasteiger partial charge is 0.473 e. The first-order chi connectivity index (χ1) is 9.31. The van der Waals surface area contributed by atoms with Gasteiger partial charge in [0.2, 0.25) is 5.88 Å². The topological polar surface area (TPSA) is 71.5 Å². The second-order valence-electron chi connectivity index (χ2n) is 4.29. The lowest BCUT2D eigenvalue weighted by Crippen LogP contribution is -2.27. The molecule has 0 aromatic carbocycles. The summed E-state index contributed by atoms with van der Waals surface area (Å²) in [6.07, 6.45) is 3.31. The van der Waals surface area contributed by atoms with E-state index in [1.54, 1.807) is 18.3 Å². The second kappa shape index (κ2) is 7.35. The van der Waals surface area contributed by atoms with Crippen LogP contribution in [0.15, 0.2) is 18.3 Å². The molecule has 5 nitrogen and oxygen atoms in total. The van der Waals surface area contributed by atoms with Crippen LogP contribution in [0.2, 0.25) is 0 Å². The molecule has 2 rings (SSSR count). The maximum atomic E-state index is 12.0. The van der Waals surface area contributed by atoms with Crippen LogP contribution in [0.5, 0.6) is 5.88 Å². The van der Waals surface area contributed by atoms with Crippen LogP contribution in [-0.4, -0.2) is 46.8 Å². The van der Waals surface area contributed by atoms with Gasteiger partial charge in [-0.15, -0.1) is 0 Å². The van der Waals surface area contributed by atoms with Crippen molar-refractivity contribution in [1.29, 1.82) is 0 Å². The Kier molecular flexibility index (Phi) is 5.47. The predicted molar refractivity (Wildman–Crippen MR) is 74.6 cm³/mol. The van der Waals surface area contributed by atoms with Gasteiger partial charge in [-0.1, -0.05) is 0 Å². The van der Waals surface area contributed by atoms with Crippen LogP contribution < -0.4 is 10.1 Å². The lowest BCUT2D eigenvalue weighted by atomic mass is 10.2. The number of aromatic nitrogens is 1. The van der Waals surface area contributed by atoms with E-state index >= 15 is 0 Å². The van der Waals surface area contributed by atoms with Gasteiger partial charge in [0.25, 0.3) is 5.91 Å². The van der Waals surface area contributed by atoms with Crippen molar-refractivity contribution >= 4 is 17.7 Å². The number of amides is 1. The summed E-state index contributed by atoms with van der Waals surface area (Å²) in [5.41, 5.74) is 0.456. The minimum atomic E-state index is -0.206. The van der Waals surface area contributed by atoms with Gasteiger partial charge in [0.05, 0.1) is 0 Å². The maximum absolute atomic E-state index is 12.0. The lowest BCUT2D eigenvalue weighted by Gasteiger charge is -2.14. The molecule has 1 aliphatic heterocycles. The number of carbonyl (C=O) groups excluding carboxylic acids is 1. The summed E-state index contributed by atoms with van der Waals surface area (Å²) >= 11 is 1.85. The van der Waals surface area contributed by atoms with Gasteiger partial charge in [-0.05, 0) is 30.7 Å². The van der Waals surface area contributed by atoms with Crippen molar-refractivity contribution < 1.29 is 14.6 Å². The number of hydrogen-bond donors (Lipinski definition) is 2. The highest BCUT2D eigenvalue weighted by molar-refractivity contribution is 7.99. The van der Waals surface area contributed by atoms with Crippen LogP contribution in [0.4, 0.5) is 0 Å². The van der Waals surface area contributed by atoms with E-state index in [1.807, 2.05) is 11.8 Å². The van der Waals surface area contributed by atoms with Crippen LogP contribution in [0.25, 0.3) is 0 Å². The molecule has 6 heteroatoms. The molecular weight excluding hydrogens is 264 g/mol. The van der Waals surface area contributed by atoms with E-state index < -0.39 is 0 Å². The zero-order valence-electron chi connectivity index (χ0n) is 10.7. The number of pyridine rings is 1. The summed E-state index contributed by atoms with van der Waals surface area (Å²) in [4.78, 5) is 16.1. The van der Waals surface area contributed by atoms with Crippen molar-refractivity contribution in [1.82, 2.24) is 10.3 Å². The molecule has 2 N–H and O–H groups in total. The minimum absolute atomic E-state index is 0.0655. The van der Waals surface area contributed by atoms with Gasteiger partial charge in [-0.25, -0.2) is 4.98 Å². The molecule has 1 aromatic heterocycles. The fourth-order valence-corrected chi connectivity index (χ4v) is 2.89. The first-order valence-corrected chi connectivity index (χ1v) is 7.55. The van der Waals surface area contributed by atoms with Crippen molar-refractivity contribution in [3.8, 4) is 5.88 Å². The third-order valence-corrected chi connectivity index (χ3v) is 3.93. The molecule has 0 radical (unpaired) electrons. The number of hydrogen-bond acceptors (Lipinski definition) is 5. The monoisotopic (exact) mass is 282 g/mol. The molecule has 1 aliphatic rings. The van der Waals surface area contributed by atoms with Crippen molar-refractivity contribution in [3.63, 3.8) is 0 Å². The Labute approximate surface area is 116 Å². The average molecular weight is 282 g/mol. The smallest absolute Gasteiger partial charge is 0.256 e. The Balaban J connectivity index is 2.00. The van der Waals surface area contributed by atoms with E-state index in [9.17, 15) is 4.79 Å². The van der Waals surface area contributed by atoms with Crippen LogP contribution in [0.3, 0.4) is 0 Å². The maximum Gasteiger partial charge on any atom is 0.256 e. The van der Waals surface area contributed by atoms with Gasteiger partial charge in [0.15, 0.2) is 0 Å². The number of thioether (sulfide) groups is 1. The number of carbonyl (C=O) groups is 1. The summed E-state index contributed by atoms with van der Waals surface area (Å²) < 4.78 is 5.79. The third kappa shape index (κ3) is 4.11. The van der Waals surface area contributed by atoms with E-state index in [0.29, 0.717) is 24.4 Å². The van der Waals surface area contributed by atoms with E-state index in [4.69, 9.17) is 9.84 Å². The first-order valence-electron chi connectivity index (χ1n) is 6.39. The molecule has 2 heterocycles. The molecule has 0 aliphatic carbocycles. The van der Waals surface area contributed by atoms with Crippen molar-refractivity contribution in [2.75, 3.05) is 24.7 Å². The van der Waals surface area contributed by atoms with Crippen LogP contribution in [0, 0.1) is 0 Å². The summed E-state index contributed by atoms with van der Waals surface area (Å²) in [6.45, 7) is 0.513. The Morgan fingerprint density at radius 1 is 1.63 bits per heavy atom. The number of rotatable bonds is 6. The highest BCUT2D eigenvalue weighted by Gasteiger charge is 2.21. The lowest BCUT2D eigenvalue weighted by molar-refractivity contribution is 0.0943. The predicted octanol–water partition coefficient (Wildman–Crippen LogP) is 1.08. The molecule has 0 spiro atoms. The van der Waals surface area contributed by atoms with Gasteiger partial charge in [-0.3, -0.25) is 4.79 Å². The highest BCUT2D eigenvalue weighted by atomic mass is 32.2. The summed E-state index contributed by atoms with van der Waals surface area (Å²) in [5, 5.41) is 11.4. The highest BCUT2D eigenvalue weighted by Crippen LogP contribution is 2.24. The van der Waals surface area contributed by atoms with Crippen LogP contribution in [0.1, 0.15) is 23.2 Å². The standard InChI is InChI=1S/C13H18N2O3S/c16-7-2-6-14-12(17)11-3-1-5-15-13(11)18-10-4-8-19-9-10/h1,3,5,10,16H,2,4,6-9H2,(H,14,17)/t10-/m0/s1. The third-order valence-electron chi connectivity index (χ3n) is 2.80. The fourth-order valence-electron chi connectivity index (χ4n) is 1.80. The van der Waals surface area contributed by atoms with Crippen molar-refractivity contribution in [3.05, 3.63) is 23.9 Å².